The third-order valence-corrected chi connectivity index (χ3v) is 5.79. The molecule has 2 unspecified atom stereocenters. The number of amides is 1. The number of likely N-dealkylation sites (N-methyl/N-ethyl adjacent to an activating group) is 1. The molecule has 0 radical (unpaired) electrons. The second-order valence-corrected chi connectivity index (χ2v) is 7.44. The van der Waals surface area contributed by atoms with Crippen LogP contribution in [0.15, 0.2) is 35.4 Å². The molecule has 2 fully saturated rings. The fourth-order valence-electron chi connectivity index (χ4n) is 4.08. The van der Waals surface area contributed by atoms with E-state index < -0.39 is 6.10 Å². The number of fused-ring (bicyclic) bond motifs is 1. The molecule has 24 heavy (non-hydrogen) atoms. The predicted molar refractivity (Wildman–Crippen MR) is 93.6 cm³/mol. The van der Waals surface area contributed by atoms with Crippen molar-refractivity contribution in [3.05, 3.63) is 46.5 Å². The Kier molecular flexibility index (Phi) is 4.19. The molecule has 3 aliphatic carbocycles. The van der Waals surface area contributed by atoms with E-state index in [0.717, 1.165) is 25.7 Å². The van der Waals surface area contributed by atoms with Gasteiger partial charge in [0.2, 0.25) is 0 Å². The van der Waals surface area contributed by atoms with E-state index in [9.17, 15) is 9.90 Å². The molecule has 1 amide bonds. The summed E-state index contributed by atoms with van der Waals surface area (Å²) in [6, 6.07) is 8.84. The van der Waals surface area contributed by atoms with E-state index in [1.807, 2.05) is 19.2 Å². The molecule has 4 nitrogen and oxygen atoms in total. The van der Waals surface area contributed by atoms with E-state index in [-0.39, 0.29) is 11.9 Å². The molecule has 2 saturated carbocycles. The SMILES string of the molecule is CN(C(=O)C(O)CNC1CC(=C2CC2)C1)C1CCc2ccccc21. The first-order valence-corrected chi connectivity index (χ1v) is 9.09. The maximum absolute atomic E-state index is 12.6. The summed E-state index contributed by atoms with van der Waals surface area (Å²) in [4.78, 5) is 14.3. The number of carbonyl (C=O) groups excluding carboxylic acids is 1. The normalized spacial score (nSPS) is 25.9. The van der Waals surface area contributed by atoms with E-state index in [1.165, 1.54) is 24.0 Å². The molecule has 4 heteroatoms. The molecule has 128 valence electrons. The smallest absolute Gasteiger partial charge is 0.252 e. The Labute approximate surface area is 143 Å². The van der Waals surface area contributed by atoms with Crippen LogP contribution in [0.4, 0.5) is 0 Å². The Morgan fingerprint density at radius 3 is 2.75 bits per heavy atom. The second-order valence-electron chi connectivity index (χ2n) is 7.44. The minimum atomic E-state index is -0.958. The van der Waals surface area contributed by atoms with E-state index in [1.54, 1.807) is 16.0 Å². The van der Waals surface area contributed by atoms with Crippen molar-refractivity contribution < 1.29 is 9.90 Å². The van der Waals surface area contributed by atoms with Gasteiger partial charge in [0, 0.05) is 19.6 Å². The van der Waals surface area contributed by atoms with Gasteiger partial charge in [0.05, 0.1) is 6.04 Å². The minimum absolute atomic E-state index is 0.0956. The van der Waals surface area contributed by atoms with Gasteiger partial charge in [0.25, 0.3) is 5.91 Å². The van der Waals surface area contributed by atoms with Gasteiger partial charge in [-0.1, -0.05) is 35.4 Å². The molecule has 0 bridgehead atoms. The van der Waals surface area contributed by atoms with Crippen molar-refractivity contribution in [2.24, 2.45) is 0 Å². The van der Waals surface area contributed by atoms with Crippen molar-refractivity contribution in [3.63, 3.8) is 0 Å². The van der Waals surface area contributed by atoms with Gasteiger partial charge in [0.15, 0.2) is 0 Å². The Balaban J connectivity index is 1.29. The van der Waals surface area contributed by atoms with Crippen LogP contribution in [-0.2, 0) is 11.2 Å². The number of nitrogens with zero attached hydrogens (tertiary/aromatic N) is 1. The summed E-state index contributed by atoms with van der Waals surface area (Å²) in [7, 11) is 1.82. The van der Waals surface area contributed by atoms with Crippen molar-refractivity contribution in [1.82, 2.24) is 10.2 Å². The molecule has 0 heterocycles. The summed E-state index contributed by atoms with van der Waals surface area (Å²) < 4.78 is 0. The molecule has 0 spiro atoms. The first kappa shape index (κ1) is 15.9. The number of hydrogen-bond acceptors (Lipinski definition) is 3. The van der Waals surface area contributed by atoms with E-state index >= 15 is 0 Å². The van der Waals surface area contributed by atoms with Crippen LogP contribution in [-0.4, -0.2) is 41.7 Å². The molecule has 0 aliphatic heterocycles. The number of rotatable bonds is 5. The number of hydrogen-bond donors (Lipinski definition) is 2. The van der Waals surface area contributed by atoms with Gasteiger partial charge in [-0.3, -0.25) is 4.79 Å². The van der Waals surface area contributed by atoms with Crippen LogP contribution in [0.1, 0.15) is 49.3 Å². The van der Waals surface area contributed by atoms with Crippen molar-refractivity contribution >= 4 is 5.91 Å². The molecule has 2 N–H and O–H groups in total. The number of aliphatic hydroxyl groups excluding tert-OH is 1. The summed E-state index contributed by atoms with van der Waals surface area (Å²) in [5, 5.41) is 13.6. The average Bonchev–Trinajstić information content (AvgIpc) is 3.29. The highest BCUT2D eigenvalue weighted by molar-refractivity contribution is 5.81. The van der Waals surface area contributed by atoms with Crippen molar-refractivity contribution in [2.45, 2.75) is 56.7 Å². The van der Waals surface area contributed by atoms with Gasteiger partial charge in [-0.2, -0.15) is 0 Å². The summed E-state index contributed by atoms with van der Waals surface area (Å²) >= 11 is 0. The molecule has 4 rings (SSSR count). The lowest BCUT2D eigenvalue weighted by Gasteiger charge is -2.32. The molecular weight excluding hydrogens is 300 g/mol. The lowest BCUT2D eigenvalue weighted by molar-refractivity contribution is -0.141. The zero-order valence-electron chi connectivity index (χ0n) is 14.3. The third kappa shape index (κ3) is 3.01. The number of aliphatic hydroxyl groups is 1. The van der Waals surface area contributed by atoms with E-state index in [2.05, 4.69) is 17.4 Å². The Bertz CT molecular complexity index is 668. The van der Waals surface area contributed by atoms with Gasteiger partial charge in [-0.05, 0) is 49.7 Å². The molecule has 1 aromatic carbocycles. The van der Waals surface area contributed by atoms with Crippen molar-refractivity contribution in [2.75, 3.05) is 13.6 Å². The van der Waals surface area contributed by atoms with Crippen LogP contribution in [0.3, 0.4) is 0 Å². The molecule has 3 aliphatic rings. The summed E-state index contributed by atoms with van der Waals surface area (Å²) in [6.07, 6.45) is 5.77. The summed E-state index contributed by atoms with van der Waals surface area (Å²) in [5.74, 6) is -0.177. The number of carbonyl (C=O) groups is 1. The number of nitrogens with one attached hydrogen (secondary N) is 1. The topological polar surface area (TPSA) is 52.6 Å². The zero-order chi connectivity index (χ0) is 16.7. The van der Waals surface area contributed by atoms with Crippen LogP contribution in [0.25, 0.3) is 0 Å². The lowest BCUT2D eigenvalue weighted by atomic mass is 9.85. The van der Waals surface area contributed by atoms with Gasteiger partial charge in [-0.25, -0.2) is 0 Å². The maximum Gasteiger partial charge on any atom is 0.252 e. The third-order valence-electron chi connectivity index (χ3n) is 5.79. The molecule has 0 aromatic heterocycles. The van der Waals surface area contributed by atoms with Gasteiger partial charge in [0.1, 0.15) is 6.10 Å². The van der Waals surface area contributed by atoms with Crippen molar-refractivity contribution in [1.29, 1.82) is 0 Å². The highest BCUT2D eigenvalue weighted by Crippen LogP contribution is 2.41. The highest BCUT2D eigenvalue weighted by Gasteiger charge is 2.33. The van der Waals surface area contributed by atoms with Crippen LogP contribution in [0.2, 0.25) is 0 Å². The van der Waals surface area contributed by atoms with Gasteiger partial charge in [-0.15, -0.1) is 0 Å². The van der Waals surface area contributed by atoms with Crippen molar-refractivity contribution in [3.8, 4) is 0 Å². The number of aryl methyl sites for hydroxylation is 1. The van der Waals surface area contributed by atoms with Gasteiger partial charge >= 0.3 is 0 Å². The molecule has 2 atom stereocenters. The van der Waals surface area contributed by atoms with E-state index in [0.29, 0.717) is 12.6 Å². The van der Waals surface area contributed by atoms with Crippen LogP contribution >= 0.6 is 0 Å². The molecular formula is C20H26N2O2. The van der Waals surface area contributed by atoms with Crippen LogP contribution < -0.4 is 5.32 Å². The Morgan fingerprint density at radius 2 is 2.00 bits per heavy atom. The molecule has 1 aromatic rings. The molecule has 0 saturated heterocycles. The van der Waals surface area contributed by atoms with Crippen LogP contribution in [0, 0.1) is 0 Å². The fourth-order valence-corrected chi connectivity index (χ4v) is 4.08. The second kappa shape index (κ2) is 6.34. The average molecular weight is 326 g/mol. The number of benzene rings is 1. The summed E-state index contributed by atoms with van der Waals surface area (Å²) in [5.41, 5.74) is 5.80. The largest absolute Gasteiger partial charge is 0.382 e. The predicted octanol–water partition coefficient (Wildman–Crippen LogP) is 2.34. The standard InChI is InChI=1S/C20H26N2O2/c1-22(18-9-8-14-4-2-3-5-17(14)18)20(24)19(23)12-21-16-10-15(11-16)13-6-7-13/h2-5,16,18-19,21,23H,6-12H2,1H3. The monoisotopic (exact) mass is 326 g/mol. The Morgan fingerprint density at radius 1 is 1.25 bits per heavy atom. The number of allylic oxidation sites excluding steroid dienone is 1. The minimum Gasteiger partial charge on any atom is -0.382 e. The zero-order valence-corrected chi connectivity index (χ0v) is 14.3. The van der Waals surface area contributed by atoms with Gasteiger partial charge < -0.3 is 15.3 Å². The maximum atomic E-state index is 12.6. The first-order valence-electron chi connectivity index (χ1n) is 9.09. The first-order chi connectivity index (χ1) is 11.6. The highest BCUT2D eigenvalue weighted by atomic mass is 16.3. The summed E-state index contributed by atoms with van der Waals surface area (Å²) in [6.45, 7) is 0.352. The Hall–Kier alpha value is -1.65. The quantitative estimate of drug-likeness (QED) is 0.817. The van der Waals surface area contributed by atoms with E-state index in [4.69, 9.17) is 0 Å². The lowest BCUT2D eigenvalue weighted by Crippen LogP contribution is -2.47. The van der Waals surface area contributed by atoms with Crippen LogP contribution in [0.5, 0.6) is 0 Å². The fraction of sp³-hybridized carbons (Fsp3) is 0.550.